The molecule has 0 unspecified atom stereocenters. The number of nitrogens with zero attached hydrogens (tertiary/aromatic N) is 2. The van der Waals surface area contributed by atoms with Crippen molar-refractivity contribution in [2.75, 3.05) is 51.3 Å². The van der Waals surface area contributed by atoms with Gasteiger partial charge in [0.1, 0.15) is 5.75 Å². The number of carbonyl (C=O) groups is 1. The number of benzene rings is 2. The number of morpholine rings is 1. The van der Waals surface area contributed by atoms with Crippen molar-refractivity contribution in [3.63, 3.8) is 0 Å². The molecule has 2 aromatic carbocycles. The summed E-state index contributed by atoms with van der Waals surface area (Å²) >= 11 is 0. The summed E-state index contributed by atoms with van der Waals surface area (Å²) in [6, 6.07) is 11.9. The van der Waals surface area contributed by atoms with E-state index in [1.807, 2.05) is 0 Å². The molecule has 0 spiro atoms. The average molecular weight is 524 g/mol. The van der Waals surface area contributed by atoms with E-state index in [1.54, 1.807) is 12.1 Å². The van der Waals surface area contributed by atoms with Crippen molar-refractivity contribution in [2.24, 2.45) is 0 Å². The summed E-state index contributed by atoms with van der Waals surface area (Å²) in [5.41, 5.74) is 0.447. The predicted molar refractivity (Wildman–Crippen MR) is 129 cm³/mol. The number of amides is 1. The van der Waals surface area contributed by atoms with Crippen LogP contribution >= 0.6 is 0 Å². The van der Waals surface area contributed by atoms with E-state index in [0.29, 0.717) is 50.8 Å². The Morgan fingerprint density at radius 1 is 0.771 bits per heavy atom. The molecule has 2 heterocycles. The molecular weight excluding hydrogens is 494 g/mol. The van der Waals surface area contributed by atoms with Crippen LogP contribution in [-0.2, 0) is 29.6 Å². The summed E-state index contributed by atoms with van der Waals surface area (Å²) in [7, 11) is -7.13. The quantitative estimate of drug-likeness (QED) is 0.561. The van der Waals surface area contributed by atoms with Crippen molar-refractivity contribution < 1.29 is 31.1 Å². The van der Waals surface area contributed by atoms with Gasteiger partial charge in [0.15, 0.2) is 6.61 Å². The fraction of sp³-hybridized carbons (Fsp3) is 0.435. The van der Waals surface area contributed by atoms with Gasteiger partial charge in [-0.25, -0.2) is 16.8 Å². The summed E-state index contributed by atoms with van der Waals surface area (Å²) < 4.78 is 64.3. The van der Waals surface area contributed by atoms with Gasteiger partial charge < -0.3 is 14.8 Å². The Kier molecular flexibility index (Phi) is 8.07. The lowest BCUT2D eigenvalue weighted by atomic mass is 10.2. The van der Waals surface area contributed by atoms with E-state index in [0.717, 1.165) is 19.3 Å². The number of anilines is 1. The second-order valence-corrected chi connectivity index (χ2v) is 12.2. The van der Waals surface area contributed by atoms with Gasteiger partial charge in [-0.2, -0.15) is 8.61 Å². The van der Waals surface area contributed by atoms with Crippen LogP contribution in [0.2, 0.25) is 0 Å². The Morgan fingerprint density at radius 2 is 1.29 bits per heavy atom. The molecule has 190 valence electrons. The zero-order chi connectivity index (χ0) is 24.9. The first kappa shape index (κ1) is 25.6. The number of hydrogen-bond donors (Lipinski definition) is 1. The third-order valence-electron chi connectivity index (χ3n) is 5.89. The lowest BCUT2D eigenvalue weighted by Gasteiger charge is -2.26. The largest absolute Gasteiger partial charge is 0.484 e. The van der Waals surface area contributed by atoms with E-state index in [2.05, 4.69) is 5.32 Å². The van der Waals surface area contributed by atoms with Crippen molar-refractivity contribution in [3.8, 4) is 5.75 Å². The minimum Gasteiger partial charge on any atom is -0.484 e. The molecular formula is C23H29N3O7S2. The van der Waals surface area contributed by atoms with Crippen LogP contribution in [0.1, 0.15) is 19.3 Å². The van der Waals surface area contributed by atoms with E-state index < -0.39 is 26.0 Å². The Morgan fingerprint density at radius 3 is 1.86 bits per heavy atom. The van der Waals surface area contributed by atoms with Crippen molar-refractivity contribution in [1.82, 2.24) is 8.61 Å². The highest BCUT2D eigenvalue weighted by molar-refractivity contribution is 7.89. The molecule has 2 aliphatic heterocycles. The van der Waals surface area contributed by atoms with Crippen LogP contribution < -0.4 is 10.1 Å². The fourth-order valence-corrected chi connectivity index (χ4v) is 6.88. The molecule has 0 atom stereocenters. The van der Waals surface area contributed by atoms with Crippen molar-refractivity contribution >= 4 is 31.6 Å². The molecule has 0 radical (unpaired) electrons. The van der Waals surface area contributed by atoms with Crippen LogP contribution in [0.4, 0.5) is 5.69 Å². The minimum atomic E-state index is -3.60. The topological polar surface area (TPSA) is 122 Å². The van der Waals surface area contributed by atoms with Crippen molar-refractivity contribution in [2.45, 2.75) is 29.1 Å². The Bertz CT molecular complexity index is 1220. The van der Waals surface area contributed by atoms with Gasteiger partial charge in [-0.05, 0) is 61.4 Å². The number of hydrogen-bond acceptors (Lipinski definition) is 7. The van der Waals surface area contributed by atoms with Gasteiger partial charge in [-0.3, -0.25) is 4.79 Å². The Balaban J connectivity index is 1.30. The molecule has 0 aromatic heterocycles. The molecule has 0 saturated carbocycles. The van der Waals surface area contributed by atoms with Gasteiger partial charge in [0.05, 0.1) is 23.0 Å². The van der Waals surface area contributed by atoms with Crippen LogP contribution in [-0.4, -0.2) is 77.4 Å². The standard InChI is InChI=1S/C23H29N3O7S2/c27-23(24-19-4-8-21(9-5-19)34(28,29)25-12-2-1-3-13-25)18-33-20-6-10-22(11-7-20)35(30,31)26-14-16-32-17-15-26/h4-11H,1-3,12-18H2,(H,24,27). The molecule has 12 heteroatoms. The van der Waals surface area contributed by atoms with E-state index in [1.165, 1.54) is 45.0 Å². The summed E-state index contributed by atoms with van der Waals surface area (Å²) in [6.45, 7) is 2.12. The van der Waals surface area contributed by atoms with Gasteiger partial charge in [-0.15, -0.1) is 0 Å². The highest BCUT2D eigenvalue weighted by atomic mass is 32.2. The first-order chi connectivity index (χ1) is 16.8. The molecule has 10 nitrogen and oxygen atoms in total. The van der Waals surface area contributed by atoms with Gasteiger partial charge in [-0.1, -0.05) is 6.42 Å². The third-order valence-corrected chi connectivity index (χ3v) is 9.72. The molecule has 2 aliphatic rings. The fourth-order valence-electron chi connectivity index (χ4n) is 3.95. The molecule has 4 rings (SSSR count). The Hall–Kier alpha value is -2.51. The minimum absolute atomic E-state index is 0.149. The molecule has 0 aliphatic carbocycles. The monoisotopic (exact) mass is 523 g/mol. The first-order valence-corrected chi connectivity index (χ1v) is 14.4. The van der Waals surface area contributed by atoms with Crippen LogP contribution in [0, 0.1) is 0 Å². The predicted octanol–water partition coefficient (Wildman–Crippen LogP) is 1.90. The zero-order valence-corrected chi connectivity index (χ0v) is 20.9. The average Bonchev–Trinajstić information content (AvgIpc) is 2.89. The second kappa shape index (κ2) is 11.0. The number of carbonyl (C=O) groups excluding carboxylic acids is 1. The zero-order valence-electron chi connectivity index (χ0n) is 19.3. The second-order valence-electron chi connectivity index (χ2n) is 8.31. The van der Waals surface area contributed by atoms with Crippen LogP contribution in [0.3, 0.4) is 0 Å². The van der Waals surface area contributed by atoms with E-state index >= 15 is 0 Å². The molecule has 0 bridgehead atoms. The number of sulfonamides is 2. The van der Waals surface area contributed by atoms with E-state index in [4.69, 9.17) is 9.47 Å². The lowest BCUT2D eigenvalue weighted by Crippen LogP contribution is -2.40. The normalized spacial score (nSPS) is 18.2. The van der Waals surface area contributed by atoms with Gasteiger partial charge in [0, 0.05) is 31.9 Å². The maximum absolute atomic E-state index is 12.7. The number of piperidine rings is 1. The molecule has 1 N–H and O–H groups in total. The third kappa shape index (κ3) is 6.19. The highest BCUT2D eigenvalue weighted by Gasteiger charge is 2.27. The summed E-state index contributed by atoms with van der Waals surface area (Å²) in [4.78, 5) is 12.6. The van der Waals surface area contributed by atoms with E-state index in [-0.39, 0.29) is 16.4 Å². The van der Waals surface area contributed by atoms with Crippen LogP contribution in [0.5, 0.6) is 5.75 Å². The van der Waals surface area contributed by atoms with Gasteiger partial charge >= 0.3 is 0 Å². The maximum atomic E-state index is 12.7. The van der Waals surface area contributed by atoms with Crippen molar-refractivity contribution in [1.29, 1.82) is 0 Å². The highest BCUT2D eigenvalue weighted by Crippen LogP contribution is 2.23. The molecule has 2 saturated heterocycles. The smallest absolute Gasteiger partial charge is 0.262 e. The molecule has 1 amide bonds. The van der Waals surface area contributed by atoms with Gasteiger partial charge in [0.25, 0.3) is 5.91 Å². The number of ether oxygens (including phenoxy) is 2. The molecule has 2 aromatic rings. The SMILES string of the molecule is O=C(COc1ccc(S(=O)(=O)N2CCOCC2)cc1)Nc1ccc(S(=O)(=O)N2CCCCC2)cc1. The molecule has 35 heavy (non-hydrogen) atoms. The Labute approximate surface area is 205 Å². The van der Waals surface area contributed by atoms with Gasteiger partial charge in [0.2, 0.25) is 20.0 Å². The summed E-state index contributed by atoms with van der Waals surface area (Å²) in [5, 5.41) is 2.66. The van der Waals surface area contributed by atoms with Crippen molar-refractivity contribution in [3.05, 3.63) is 48.5 Å². The number of rotatable bonds is 8. The van der Waals surface area contributed by atoms with E-state index in [9.17, 15) is 21.6 Å². The van der Waals surface area contributed by atoms with Crippen LogP contribution in [0.15, 0.2) is 58.3 Å². The first-order valence-electron chi connectivity index (χ1n) is 11.5. The summed E-state index contributed by atoms with van der Waals surface area (Å²) in [6.07, 6.45) is 2.76. The number of nitrogens with one attached hydrogen (secondary N) is 1. The maximum Gasteiger partial charge on any atom is 0.262 e. The lowest BCUT2D eigenvalue weighted by molar-refractivity contribution is -0.118. The molecule has 2 fully saturated rings. The summed E-state index contributed by atoms with van der Waals surface area (Å²) in [5.74, 6) is -0.0781. The van der Waals surface area contributed by atoms with Crippen LogP contribution in [0.25, 0.3) is 0 Å².